The number of nitrogens with one attached hydrogen (secondary N) is 1. The van der Waals surface area contributed by atoms with Crippen LogP contribution in [0.3, 0.4) is 0 Å². The highest BCUT2D eigenvalue weighted by Gasteiger charge is 2.11. The topological polar surface area (TPSA) is 118 Å². The average Bonchev–Trinajstić information content (AvgIpc) is 2.47. The molecular weight excluding hydrogens is 172 g/mol. The van der Waals surface area contributed by atoms with Crippen molar-refractivity contribution in [2.45, 2.75) is 18.9 Å². The Morgan fingerprint density at radius 3 is 2.92 bits per heavy atom. The number of aryl methyl sites for hydroxylation is 1. The summed E-state index contributed by atoms with van der Waals surface area (Å²) in [6, 6.07) is -0.829. The second-order valence-electron chi connectivity index (χ2n) is 2.78. The monoisotopic (exact) mass is 184 g/mol. The van der Waals surface area contributed by atoms with Gasteiger partial charge in [-0.05, 0) is 12.8 Å². The first-order valence-corrected chi connectivity index (χ1v) is 3.87. The van der Waals surface area contributed by atoms with E-state index in [0.29, 0.717) is 18.8 Å². The lowest BCUT2D eigenvalue weighted by molar-refractivity contribution is -0.138. The Morgan fingerprint density at radius 1 is 1.77 bits per heavy atom. The van der Waals surface area contributed by atoms with E-state index >= 15 is 0 Å². The van der Waals surface area contributed by atoms with E-state index in [1.165, 1.54) is 0 Å². The number of nitrogen functional groups attached to an aromatic ring is 1. The summed E-state index contributed by atoms with van der Waals surface area (Å²) in [5, 5.41) is 8.49. The Kier molecular flexibility index (Phi) is 2.86. The van der Waals surface area contributed by atoms with Gasteiger partial charge in [-0.3, -0.25) is 4.79 Å². The number of anilines is 1. The SMILES string of the molecule is Nc1ncc(CCC(N)C(=O)O)[nH]1. The van der Waals surface area contributed by atoms with Crippen LogP contribution in [0.2, 0.25) is 0 Å². The molecule has 0 saturated heterocycles. The fourth-order valence-corrected chi connectivity index (χ4v) is 0.938. The second-order valence-corrected chi connectivity index (χ2v) is 2.78. The van der Waals surface area contributed by atoms with Crippen LogP contribution in [-0.4, -0.2) is 27.1 Å². The largest absolute Gasteiger partial charge is 0.480 e. The maximum atomic E-state index is 10.4. The molecule has 0 saturated carbocycles. The molecule has 0 aliphatic heterocycles. The highest BCUT2D eigenvalue weighted by Crippen LogP contribution is 2.02. The van der Waals surface area contributed by atoms with Crippen molar-refractivity contribution in [3.63, 3.8) is 0 Å². The van der Waals surface area contributed by atoms with Gasteiger partial charge in [0.25, 0.3) is 0 Å². The zero-order chi connectivity index (χ0) is 9.84. The summed E-state index contributed by atoms with van der Waals surface area (Å²) in [6.07, 6.45) is 2.48. The van der Waals surface area contributed by atoms with Gasteiger partial charge in [0, 0.05) is 5.69 Å². The van der Waals surface area contributed by atoms with E-state index in [2.05, 4.69) is 9.97 Å². The molecule has 0 amide bonds. The number of aliphatic carboxylic acids is 1. The Labute approximate surface area is 75.0 Å². The Hall–Kier alpha value is -1.56. The van der Waals surface area contributed by atoms with E-state index in [-0.39, 0.29) is 0 Å². The summed E-state index contributed by atoms with van der Waals surface area (Å²) in [7, 11) is 0. The van der Waals surface area contributed by atoms with Crippen molar-refractivity contribution in [2.75, 3.05) is 5.73 Å². The van der Waals surface area contributed by atoms with Gasteiger partial charge in [0.05, 0.1) is 6.20 Å². The van der Waals surface area contributed by atoms with Crippen molar-refractivity contribution >= 4 is 11.9 Å². The lowest BCUT2D eigenvalue weighted by Crippen LogP contribution is -2.30. The molecule has 0 aliphatic carbocycles. The lowest BCUT2D eigenvalue weighted by atomic mass is 10.1. The minimum absolute atomic E-state index is 0.332. The maximum Gasteiger partial charge on any atom is 0.320 e. The molecule has 0 radical (unpaired) electrons. The minimum Gasteiger partial charge on any atom is -0.480 e. The summed E-state index contributed by atoms with van der Waals surface area (Å²) >= 11 is 0. The van der Waals surface area contributed by atoms with Crippen LogP contribution >= 0.6 is 0 Å². The highest BCUT2D eigenvalue weighted by atomic mass is 16.4. The molecule has 1 aromatic rings. The minimum atomic E-state index is -0.993. The third-order valence-corrected chi connectivity index (χ3v) is 1.69. The van der Waals surface area contributed by atoms with Crippen LogP contribution in [0.1, 0.15) is 12.1 Å². The number of carboxylic acid groups (broad SMARTS) is 1. The predicted molar refractivity (Wildman–Crippen MR) is 46.9 cm³/mol. The number of rotatable bonds is 4. The highest BCUT2D eigenvalue weighted by molar-refractivity contribution is 5.72. The van der Waals surface area contributed by atoms with Crippen LogP contribution in [0, 0.1) is 0 Å². The summed E-state index contributed by atoms with van der Waals surface area (Å²) < 4.78 is 0. The normalized spacial score (nSPS) is 12.7. The molecule has 1 atom stereocenters. The first-order valence-electron chi connectivity index (χ1n) is 3.87. The number of hydrogen-bond acceptors (Lipinski definition) is 4. The molecule has 1 unspecified atom stereocenters. The average molecular weight is 184 g/mol. The number of carboxylic acids is 1. The number of imidazole rings is 1. The molecule has 1 heterocycles. The van der Waals surface area contributed by atoms with Gasteiger partial charge in [-0.1, -0.05) is 0 Å². The van der Waals surface area contributed by atoms with Crippen LogP contribution in [0.5, 0.6) is 0 Å². The molecule has 0 spiro atoms. The zero-order valence-corrected chi connectivity index (χ0v) is 7.03. The summed E-state index contributed by atoms with van der Waals surface area (Å²) in [5.41, 5.74) is 11.4. The quantitative estimate of drug-likeness (QED) is 0.495. The van der Waals surface area contributed by atoms with Crippen molar-refractivity contribution < 1.29 is 9.90 Å². The Morgan fingerprint density at radius 2 is 2.46 bits per heavy atom. The van der Waals surface area contributed by atoms with Crippen molar-refractivity contribution in [3.05, 3.63) is 11.9 Å². The third kappa shape index (κ3) is 2.75. The number of aromatic nitrogens is 2. The Balaban J connectivity index is 2.39. The number of aromatic amines is 1. The lowest BCUT2D eigenvalue weighted by Gasteiger charge is -2.03. The van der Waals surface area contributed by atoms with Crippen LogP contribution in [0.15, 0.2) is 6.20 Å². The standard InChI is InChI=1S/C7H12N4O2/c8-5(6(12)13)2-1-4-3-10-7(9)11-4/h3,5H,1-2,8H2,(H,12,13)(H3,9,10,11). The molecule has 6 N–H and O–H groups in total. The Bertz CT molecular complexity index is 296. The molecule has 1 aromatic heterocycles. The molecule has 13 heavy (non-hydrogen) atoms. The molecule has 0 fully saturated rings. The van der Waals surface area contributed by atoms with Gasteiger partial charge in [0.15, 0.2) is 5.95 Å². The summed E-state index contributed by atoms with van der Waals surface area (Å²) in [4.78, 5) is 16.9. The molecule has 1 rings (SSSR count). The molecular formula is C7H12N4O2. The van der Waals surface area contributed by atoms with Gasteiger partial charge in [-0.25, -0.2) is 4.98 Å². The molecule has 0 aromatic carbocycles. The number of nitrogens with zero attached hydrogens (tertiary/aromatic N) is 1. The number of hydrogen-bond donors (Lipinski definition) is 4. The summed E-state index contributed by atoms with van der Waals surface area (Å²) in [6.45, 7) is 0. The van der Waals surface area contributed by atoms with Gasteiger partial charge in [-0.15, -0.1) is 0 Å². The van der Waals surface area contributed by atoms with E-state index < -0.39 is 12.0 Å². The van der Waals surface area contributed by atoms with Gasteiger partial charge >= 0.3 is 5.97 Å². The van der Waals surface area contributed by atoms with E-state index in [1.807, 2.05) is 0 Å². The zero-order valence-electron chi connectivity index (χ0n) is 7.03. The van der Waals surface area contributed by atoms with Crippen LogP contribution in [0.25, 0.3) is 0 Å². The van der Waals surface area contributed by atoms with Crippen molar-refractivity contribution in [1.82, 2.24) is 9.97 Å². The van der Waals surface area contributed by atoms with Gasteiger partial charge in [0.2, 0.25) is 0 Å². The van der Waals surface area contributed by atoms with Crippen molar-refractivity contribution in [2.24, 2.45) is 5.73 Å². The second kappa shape index (κ2) is 3.90. The van der Waals surface area contributed by atoms with E-state index in [9.17, 15) is 4.79 Å². The van der Waals surface area contributed by atoms with Gasteiger partial charge < -0.3 is 21.6 Å². The van der Waals surface area contributed by atoms with Crippen LogP contribution in [-0.2, 0) is 11.2 Å². The molecule has 0 bridgehead atoms. The molecule has 0 aliphatic rings. The van der Waals surface area contributed by atoms with E-state index in [4.69, 9.17) is 16.6 Å². The number of nitrogens with two attached hydrogens (primary N) is 2. The van der Waals surface area contributed by atoms with Crippen molar-refractivity contribution in [3.8, 4) is 0 Å². The van der Waals surface area contributed by atoms with E-state index in [0.717, 1.165) is 5.69 Å². The number of H-pyrrole nitrogens is 1. The molecule has 6 nitrogen and oxygen atoms in total. The first-order chi connectivity index (χ1) is 6.09. The fourth-order valence-electron chi connectivity index (χ4n) is 0.938. The number of carbonyl (C=O) groups is 1. The predicted octanol–water partition coefficient (Wildman–Crippen LogP) is -0.664. The molecule has 72 valence electrons. The first kappa shape index (κ1) is 9.53. The van der Waals surface area contributed by atoms with Crippen molar-refractivity contribution in [1.29, 1.82) is 0 Å². The van der Waals surface area contributed by atoms with Gasteiger partial charge in [0.1, 0.15) is 6.04 Å². The smallest absolute Gasteiger partial charge is 0.320 e. The van der Waals surface area contributed by atoms with Crippen LogP contribution in [0.4, 0.5) is 5.95 Å². The fraction of sp³-hybridized carbons (Fsp3) is 0.429. The molecule has 6 heteroatoms. The van der Waals surface area contributed by atoms with E-state index in [1.54, 1.807) is 6.20 Å². The maximum absolute atomic E-state index is 10.4. The third-order valence-electron chi connectivity index (χ3n) is 1.69. The van der Waals surface area contributed by atoms with Crippen LogP contribution < -0.4 is 11.5 Å². The van der Waals surface area contributed by atoms with Gasteiger partial charge in [-0.2, -0.15) is 0 Å². The summed E-state index contributed by atoms with van der Waals surface area (Å²) in [5.74, 6) is -0.661.